The summed E-state index contributed by atoms with van der Waals surface area (Å²) >= 11 is 1.53. The van der Waals surface area contributed by atoms with Gasteiger partial charge in [-0.15, -0.1) is 11.3 Å². The molecule has 2 aromatic rings. The summed E-state index contributed by atoms with van der Waals surface area (Å²) in [7, 11) is 1.75. The van der Waals surface area contributed by atoms with Crippen LogP contribution >= 0.6 is 11.3 Å². The van der Waals surface area contributed by atoms with Gasteiger partial charge in [0.05, 0.1) is 16.8 Å². The smallest absolute Gasteiger partial charge is 0.325 e. The van der Waals surface area contributed by atoms with E-state index in [2.05, 4.69) is 20.6 Å². The Labute approximate surface area is 108 Å². The third-order valence-electron chi connectivity index (χ3n) is 2.23. The van der Waals surface area contributed by atoms with E-state index in [1.54, 1.807) is 14.0 Å². The van der Waals surface area contributed by atoms with E-state index in [9.17, 15) is 4.79 Å². The summed E-state index contributed by atoms with van der Waals surface area (Å²) in [5, 5.41) is 7.80. The molecule has 2 N–H and O–H groups in total. The van der Waals surface area contributed by atoms with E-state index >= 15 is 0 Å². The maximum Gasteiger partial charge on any atom is 0.325 e. The van der Waals surface area contributed by atoms with Gasteiger partial charge in [-0.2, -0.15) is 4.98 Å². The van der Waals surface area contributed by atoms with E-state index in [4.69, 9.17) is 4.74 Å². The lowest BCUT2D eigenvalue weighted by atomic mass is 10.4. The molecule has 0 spiro atoms. The van der Waals surface area contributed by atoms with Gasteiger partial charge in [0.25, 0.3) is 0 Å². The first-order chi connectivity index (χ1) is 8.74. The molecule has 2 aromatic heterocycles. The number of carbonyl (C=O) groups is 1. The van der Waals surface area contributed by atoms with Gasteiger partial charge in [-0.3, -0.25) is 4.79 Å². The maximum atomic E-state index is 11.3. The Balaban J connectivity index is 2.20. The summed E-state index contributed by atoms with van der Waals surface area (Å²) in [5.41, 5.74) is 0.853. The van der Waals surface area contributed by atoms with Crippen molar-refractivity contribution >= 4 is 39.3 Å². The molecule has 6 nitrogen and oxygen atoms in total. The number of carbonyl (C=O) groups excluding carboxylic acids is 1. The molecule has 0 aliphatic heterocycles. The number of hydrogen-bond acceptors (Lipinski definition) is 7. The lowest BCUT2D eigenvalue weighted by molar-refractivity contribution is -0.140. The normalized spacial score (nSPS) is 10.3. The van der Waals surface area contributed by atoms with Crippen molar-refractivity contribution in [1.82, 2.24) is 9.97 Å². The fourth-order valence-electron chi connectivity index (χ4n) is 1.46. The largest absolute Gasteiger partial charge is 0.465 e. The summed E-state index contributed by atoms with van der Waals surface area (Å²) in [4.78, 5) is 19.9. The summed E-state index contributed by atoms with van der Waals surface area (Å²) in [6, 6.07) is 1.91. The molecule has 0 aromatic carbocycles. The highest BCUT2D eigenvalue weighted by Gasteiger charge is 2.09. The molecular formula is C11H14N4O2S. The van der Waals surface area contributed by atoms with Crippen LogP contribution in [-0.4, -0.2) is 36.1 Å². The van der Waals surface area contributed by atoms with Gasteiger partial charge in [0, 0.05) is 7.05 Å². The molecule has 0 radical (unpaired) electrons. The van der Waals surface area contributed by atoms with Gasteiger partial charge in [-0.05, 0) is 18.4 Å². The van der Waals surface area contributed by atoms with Crippen molar-refractivity contribution in [3.63, 3.8) is 0 Å². The summed E-state index contributed by atoms with van der Waals surface area (Å²) in [6.45, 7) is 2.25. The Kier molecular flexibility index (Phi) is 3.93. The van der Waals surface area contributed by atoms with Crippen LogP contribution in [-0.2, 0) is 9.53 Å². The van der Waals surface area contributed by atoms with Crippen molar-refractivity contribution in [2.75, 3.05) is 30.8 Å². The standard InChI is InChI=1S/C11H14N4O2S/c1-3-17-8(16)6-13-10-9-7(4-5-18-9)14-11(12-2)15-10/h4-5H,3,6H2,1-2H3,(H2,12,13,14,15). The Hall–Kier alpha value is -1.89. The SMILES string of the molecule is CCOC(=O)CNc1nc(NC)nc2ccsc12. The second kappa shape index (κ2) is 5.63. The Morgan fingerprint density at radius 3 is 3.06 bits per heavy atom. The monoisotopic (exact) mass is 266 g/mol. The van der Waals surface area contributed by atoms with Gasteiger partial charge < -0.3 is 15.4 Å². The van der Waals surface area contributed by atoms with Crippen LogP contribution in [0, 0.1) is 0 Å². The van der Waals surface area contributed by atoms with Crippen LogP contribution in [0.15, 0.2) is 11.4 Å². The predicted molar refractivity (Wildman–Crippen MR) is 72.1 cm³/mol. The Morgan fingerprint density at radius 2 is 2.33 bits per heavy atom. The molecule has 0 fully saturated rings. The molecule has 0 saturated heterocycles. The topological polar surface area (TPSA) is 76.1 Å². The molecule has 0 unspecified atom stereocenters. The number of hydrogen-bond donors (Lipinski definition) is 2. The van der Waals surface area contributed by atoms with Crippen LogP contribution in [0.5, 0.6) is 0 Å². The maximum absolute atomic E-state index is 11.3. The van der Waals surface area contributed by atoms with E-state index in [1.807, 2.05) is 11.4 Å². The molecule has 0 atom stereocenters. The van der Waals surface area contributed by atoms with Gasteiger partial charge in [0.1, 0.15) is 12.4 Å². The summed E-state index contributed by atoms with van der Waals surface area (Å²) in [5.74, 6) is 0.867. The molecule has 96 valence electrons. The average molecular weight is 266 g/mol. The minimum Gasteiger partial charge on any atom is -0.465 e. The van der Waals surface area contributed by atoms with Crippen LogP contribution in [0.25, 0.3) is 10.2 Å². The van der Waals surface area contributed by atoms with E-state index in [0.29, 0.717) is 18.4 Å². The first-order valence-corrected chi connectivity index (χ1v) is 6.45. The number of ether oxygens (including phenoxy) is 1. The minimum absolute atomic E-state index is 0.0982. The first-order valence-electron chi connectivity index (χ1n) is 5.57. The molecule has 0 bridgehead atoms. The first kappa shape index (κ1) is 12.6. The zero-order chi connectivity index (χ0) is 13.0. The third kappa shape index (κ3) is 2.67. The van der Waals surface area contributed by atoms with Crippen LogP contribution in [0.1, 0.15) is 6.92 Å². The van der Waals surface area contributed by atoms with Crippen LogP contribution in [0.3, 0.4) is 0 Å². The number of esters is 1. The van der Waals surface area contributed by atoms with E-state index in [-0.39, 0.29) is 12.5 Å². The van der Waals surface area contributed by atoms with E-state index in [0.717, 1.165) is 10.2 Å². The van der Waals surface area contributed by atoms with Crippen LogP contribution in [0.4, 0.5) is 11.8 Å². The molecule has 0 saturated carbocycles. The minimum atomic E-state index is -0.299. The summed E-state index contributed by atoms with van der Waals surface area (Å²) < 4.78 is 5.79. The number of anilines is 2. The van der Waals surface area contributed by atoms with E-state index in [1.165, 1.54) is 11.3 Å². The molecule has 2 heterocycles. The van der Waals surface area contributed by atoms with Gasteiger partial charge in [0.15, 0.2) is 0 Å². The fourth-order valence-corrected chi connectivity index (χ4v) is 2.26. The zero-order valence-corrected chi connectivity index (χ0v) is 11.0. The molecule has 18 heavy (non-hydrogen) atoms. The zero-order valence-electron chi connectivity index (χ0n) is 10.2. The number of thiophene rings is 1. The highest BCUT2D eigenvalue weighted by Crippen LogP contribution is 2.26. The molecule has 0 aliphatic carbocycles. The van der Waals surface area contributed by atoms with Gasteiger partial charge in [-0.25, -0.2) is 4.98 Å². The molecular weight excluding hydrogens is 252 g/mol. The molecule has 7 heteroatoms. The fraction of sp³-hybridized carbons (Fsp3) is 0.364. The number of nitrogens with zero attached hydrogens (tertiary/aromatic N) is 2. The summed E-state index contributed by atoms with van der Waals surface area (Å²) in [6.07, 6.45) is 0. The third-order valence-corrected chi connectivity index (χ3v) is 3.14. The Bertz CT molecular complexity index is 555. The van der Waals surface area contributed by atoms with Gasteiger partial charge in [-0.1, -0.05) is 0 Å². The highest BCUT2D eigenvalue weighted by molar-refractivity contribution is 7.17. The van der Waals surface area contributed by atoms with Crippen molar-refractivity contribution < 1.29 is 9.53 Å². The number of fused-ring (bicyclic) bond motifs is 1. The molecule has 0 aliphatic rings. The molecule has 2 rings (SSSR count). The van der Waals surface area contributed by atoms with Crippen molar-refractivity contribution in [3.8, 4) is 0 Å². The van der Waals surface area contributed by atoms with Crippen molar-refractivity contribution in [1.29, 1.82) is 0 Å². The second-order valence-electron chi connectivity index (χ2n) is 3.44. The predicted octanol–water partition coefficient (Wildman–Crippen LogP) is 1.71. The van der Waals surface area contributed by atoms with E-state index < -0.39 is 0 Å². The Morgan fingerprint density at radius 1 is 1.50 bits per heavy atom. The van der Waals surface area contributed by atoms with Crippen LogP contribution in [0.2, 0.25) is 0 Å². The highest BCUT2D eigenvalue weighted by atomic mass is 32.1. The number of nitrogens with one attached hydrogen (secondary N) is 2. The van der Waals surface area contributed by atoms with Crippen molar-refractivity contribution in [3.05, 3.63) is 11.4 Å². The average Bonchev–Trinajstić information content (AvgIpc) is 2.84. The van der Waals surface area contributed by atoms with Crippen LogP contribution < -0.4 is 10.6 Å². The van der Waals surface area contributed by atoms with Crippen molar-refractivity contribution in [2.24, 2.45) is 0 Å². The van der Waals surface area contributed by atoms with Gasteiger partial charge >= 0.3 is 5.97 Å². The van der Waals surface area contributed by atoms with Crippen molar-refractivity contribution in [2.45, 2.75) is 6.92 Å². The second-order valence-corrected chi connectivity index (χ2v) is 4.36. The number of rotatable bonds is 5. The lowest BCUT2D eigenvalue weighted by Crippen LogP contribution is -2.17. The lowest BCUT2D eigenvalue weighted by Gasteiger charge is -2.07. The van der Waals surface area contributed by atoms with Gasteiger partial charge in [0.2, 0.25) is 5.95 Å². The number of aromatic nitrogens is 2. The quantitative estimate of drug-likeness (QED) is 0.802. The molecule has 0 amide bonds.